The van der Waals surface area contributed by atoms with E-state index in [0.29, 0.717) is 5.02 Å². The van der Waals surface area contributed by atoms with Crippen LogP contribution in [0, 0.1) is 0 Å². The average Bonchev–Trinajstić information content (AvgIpc) is 2.47. The van der Waals surface area contributed by atoms with Gasteiger partial charge in [0.05, 0.1) is 5.02 Å². The van der Waals surface area contributed by atoms with Gasteiger partial charge in [-0.05, 0) is 44.5 Å². The highest BCUT2D eigenvalue weighted by molar-refractivity contribution is 6.31. The smallest absolute Gasteiger partial charge is 0.0621 e. The lowest BCUT2D eigenvalue weighted by molar-refractivity contribution is 0.0701. The van der Waals surface area contributed by atoms with Gasteiger partial charge in [0.25, 0.3) is 0 Å². The van der Waals surface area contributed by atoms with Crippen molar-refractivity contribution in [2.45, 2.75) is 52.1 Å². The van der Waals surface area contributed by atoms with E-state index in [2.05, 4.69) is 43.0 Å². The quantitative estimate of drug-likeness (QED) is 0.572. The molecule has 0 saturated heterocycles. The summed E-state index contributed by atoms with van der Waals surface area (Å²) in [4.78, 5) is 6.48. The normalized spacial score (nSPS) is 16.1. The number of pyridine rings is 1. The van der Waals surface area contributed by atoms with Crippen LogP contribution in [-0.4, -0.2) is 34.6 Å². The highest BCUT2D eigenvalue weighted by atomic mass is 35.5. The molecule has 0 aromatic carbocycles. The highest BCUT2D eigenvalue weighted by Gasteiger charge is 2.36. The topological polar surface area (TPSA) is 54.2 Å². The van der Waals surface area contributed by atoms with Crippen LogP contribution >= 0.6 is 11.6 Å². The Morgan fingerprint density at radius 1 is 1.40 bits per heavy atom. The number of hydrazine groups is 1. The van der Waals surface area contributed by atoms with Crippen molar-refractivity contribution in [1.29, 1.82) is 0 Å². The number of nitrogens with one attached hydrogen (secondary N) is 1. The van der Waals surface area contributed by atoms with E-state index in [1.54, 1.807) is 12.4 Å². The first-order valence-electron chi connectivity index (χ1n) is 7.32. The molecule has 0 saturated carbocycles. The Bertz CT molecular complexity index is 409. The fourth-order valence-corrected chi connectivity index (χ4v) is 3.08. The summed E-state index contributed by atoms with van der Waals surface area (Å²) in [5.41, 5.74) is 4.07. The van der Waals surface area contributed by atoms with Crippen LogP contribution in [0.25, 0.3) is 0 Å². The molecule has 1 rings (SSSR count). The summed E-state index contributed by atoms with van der Waals surface area (Å²) in [6, 6.07) is 2.10. The first kappa shape index (κ1) is 17.4. The second-order valence-corrected chi connectivity index (χ2v) is 5.68. The molecule has 4 nitrogen and oxygen atoms in total. The number of hydrogen-bond donors (Lipinski definition) is 2. The average molecular weight is 299 g/mol. The van der Waals surface area contributed by atoms with Gasteiger partial charge in [-0.1, -0.05) is 32.4 Å². The van der Waals surface area contributed by atoms with Crippen LogP contribution in [0.3, 0.4) is 0 Å². The van der Waals surface area contributed by atoms with Crippen LogP contribution in [0.5, 0.6) is 0 Å². The first-order valence-corrected chi connectivity index (χ1v) is 7.70. The fraction of sp³-hybridized carbons (Fsp3) is 0.667. The summed E-state index contributed by atoms with van der Waals surface area (Å²) >= 11 is 6.22. The molecule has 114 valence electrons. The van der Waals surface area contributed by atoms with E-state index in [-0.39, 0.29) is 11.6 Å². The Kier molecular flexibility index (Phi) is 6.89. The molecule has 1 aromatic heterocycles. The zero-order valence-corrected chi connectivity index (χ0v) is 13.7. The molecule has 0 aliphatic carbocycles. The molecule has 0 bridgehead atoms. The summed E-state index contributed by atoms with van der Waals surface area (Å²) in [6.45, 7) is 10.8. The Balaban J connectivity index is 3.01. The third kappa shape index (κ3) is 3.70. The van der Waals surface area contributed by atoms with Crippen LogP contribution < -0.4 is 11.3 Å². The third-order valence-electron chi connectivity index (χ3n) is 4.43. The summed E-state index contributed by atoms with van der Waals surface area (Å²) in [5.74, 6) is 5.84. The molecule has 20 heavy (non-hydrogen) atoms. The van der Waals surface area contributed by atoms with Crippen molar-refractivity contribution in [3.05, 3.63) is 29.0 Å². The Labute approximate surface area is 127 Å². The van der Waals surface area contributed by atoms with Crippen molar-refractivity contribution < 1.29 is 0 Å². The molecular weight excluding hydrogens is 272 g/mol. The number of aromatic nitrogens is 1. The molecule has 2 unspecified atom stereocenters. The van der Waals surface area contributed by atoms with E-state index in [0.717, 1.165) is 31.5 Å². The maximum atomic E-state index is 6.22. The second kappa shape index (κ2) is 7.93. The fourth-order valence-electron chi connectivity index (χ4n) is 2.88. The zero-order valence-electron chi connectivity index (χ0n) is 13.0. The summed E-state index contributed by atoms with van der Waals surface area (Å²) < 4.78 is 0. The van der Waals surface area contributed by atoms with E-state index in [1.807, 2.05) is 6.07 Å². The predicted octanol–water partition coefficient (Wildman–Crippen LogP) is 2.62. The minimum Gasteiger partial charge on any atom is -0.297 e. The van der Waals surface area contributed by atoms with E-state index >= 15 is 0 Å². The largest absolute Gasteiger partial charge is 0.297 e. The number of rotatable bonds is 8. The van der Waals surface area contributed by atoms with Gasteiger partial charge in [-0.25, -0.2) is 0 Å². The van der Waals surface area contributed by atoms with Gasteiger partial charge < -0.3 is 0 Å². The molecule has 1 aromatic rings. The first-order chi connectivity index (χ1) is 9.53. The van der Waals surface area contributed by atoms with Crippen LogP contribution in [0.4, 0.5) is 0 Å². The van der Waals surface area contributed by atoms with Crippen LogP contribution in [-0.2, 0) is 6.42 Å². The van der Waals surface area contributed by atoms with Gasteiger partial charge in [-0.15, -0.1) is 0 Å². The van der Waals surface area contributed by atoms with Gasteiger partial charge in [0, 0.05) is 24.0 Å². The Morgan fingerprint density at radius 2 is 2.05 bits per heavy atom. The second-order valence-electron chi connectivity index (χ2n) is 5.27. The van der Waals surface area contributed by atoms with Crippen molar-refractivity contribution in [1.82, 2.24) is 15.3 Å². The molecular formula is C15H27ClN4. The van der Waals surface area contributed by atoms with Gasteiger partial charge >= 0.3 is 0 Å². The molecule has 0 spiro atoms. The maximum absolute atomic E-state index is 6.22. The summed E-state index contributed by atoms with van der Waals surface area (Å²) in [5, 5.41) is 0.700. The minimum absolute atomic E-state index is 0.00908. The van der Waals surface area contributed by atoms with Gasteiger partial charge in [0.1, 0.15) is 0 Å². The Hall–Kier alpha value is -0.680. The number of likely N-dealkylation sites (N-methyl/N-ethyl adjacent to an activating group) is 1. The van der Waals surface area contributed by atoms with E-state index in [9.17, 15) is 0 Å². The highest BCUT2D eigenvalue weighted by Crippen LogP contribution is 2.27. The van der Waals surface area contributed by atoms with Crippen molar-refractivity contribution in [3.8, 4) is 0 Å². The van der Waals surface area contributed by atoms with Gasteiger partial charge in [-0.3, -0.25) is 21.2 Å². The van der Waals surface area contributed by atoms with Crippen molar-refractivity contribution in [3.63, 3.8) is 0 Å². The molecule has 0 aliphatic heterocycles. The van der Waals surface area contributed by atoms with E-state index < -0.39 is 0 Å². The van der Waals surface area contributed by atoms with Crippen LogP contribution in [0.15, 0.2) is 18.5 Å². The lowest BCUT2D eigenvalue weighted by Crippen LogP contribution is -2.61. The van der Waals surface area contributed by atoms with E-state index in [1.165, 1.54) is 0 Å². The van der Waals surface area contributed by atoms with Crippen LogP contribution in [0.1, 0.15) is 39.7 Å². The zero-order chi connectivity index (χ0) is 15.2. The number of nitrogens with zero attached hydrogens (tertiary/aromatic N) is 2. The van der Waals surface area contributed by atoms with Gasteiger partial charge in [-0.2, -0.15) is 0 Å². The number of nitrogens with two attached hydrogens (primary N) is 1. The predicted molar refractivity (Wildman–Crippen MR) is 85.7 cm³/mol. The molecule has 0 amide bonds. The molecule has 5 heteroatoms. The summed E-state index contributed by atoms with van der Waals surface area (Å²) in [6.07, 6.45) is 5.27. The van der Waals surface area contributed by atoms with Crippen molar-refractivity contribution in [2.24, 2.45) is 5.84 Å². The van der Waals surface area contributed by atoms with Crippen molar-refractivity contribution >= 4 is 11.6 Å². The molecule has 1 heterocycles. The maximum Gasteiger partial charge on any atom is 0.0621 e. The standard InChI is InChI=1S/C15H27ClN4/c1-5-15(4,20(6-2)7-3)14(19-17)10-12-8-9-18-11-13(12)16/h8-9,11,14,19H,5-7,10,17H2,1-4H3. The molecule has 3 N–H and O–H groups in total. The lowest BCUT2D eigenvalue weighted by Gasteiger charge is -2.45. The summed E-state index contributed by atoms with van der Waals surface area (Å²) in [7, 11) is 0. The number of hydrogen-bond acceptors (Lipinski definition) is 4. The Morgan fingerprint density at radius 3 is 2.50 bits per heavy atom. The molecule has 2 atom stereocenters. The van der Waals surface area contributed by atoms with E-state index in [4.69, 9.17) is 17.4 Å². The van der Waals surface area contributed by atoms with Crippen molar-refractivity contribution in [2.75, 3.05) is 13.1 Å². The van der Waals surface area contributed by atoms with Gasteiger partial charge in [0.15, 0.2) is 0 Å². The minimum atomic E-state index is -0.00908. The van der Waals surface area contributed by atoms with Crippen LogP contribution in [0.2, 0.25) is 5.02 Å². The molecule has 0 aliphatic rings. The third-order valence-corrected chi connectivity index (χ3v) is 4.77. The molecule has 0 fully saturated rings. The monoisotopic (exact) mass is 298 g/mol. The van der Waals surface area contributed by atoms with Gasteiger partial charge in [0.2, 0.25) is 0 Å². The molecule has 0 radical (unpaired) electrons. The number of halogens is 1. The SMILES string of the molecule is CCN(CC)C(C)(CC)C(Cc1ccncc1Cl)NN. The lowest BCUT2D eigenvalue weighted by atomic mass is 9.84.